The van der Waals surface area contributed by atoms with Crippen LogP contribution in [0.5, 0.6) is 0 Å². The lowest BCUT2D eigenvalue weighted by molar-refractivity contribution is 0.140. The molecule has 1 aliphatic carbocycles. The lowest BCUT2D eigenvalue weighted by Crippen LogP contribution is -2.46. The van der Waals surface area contributed by atoms with Crippen LogP contribution in [0.25, 0.3) is 0 Å². The minimum absolute atomic E-state index is 0.681. The molecule has 1 aliphatic heterocycles. The van der Waals surface area contributed by atoms with Crippen LogP contribution in [-0.2, 0) is 0 Å². The van der Waals surface area contributed by atoms with E-state index in [-0.39, 0.29) is 0 Å². The van der Waals surface area contributed by atoms with Crippen LogP contribution in [0.2, 0.25) is 0 Å². The zero-order chi connectivity index (χ0) is 13.7. The minimum atomic E-state index is 0.681. The van der Waals surface area contributed by atoms with E-state index >= 15 is 0 Å². The van der Waals surface area contributed by atoms with Crippen molar-refractivity contribution in [1.29, 1.82) is 0 Å². The van der Waals surface area contributed by atoms with Gasteiger partial charge in [-0.15, -0.1) is 0 Å². The Hall–Kier alpha value is -0.0800. The Balaban J connectivity index is 1.78. The van der Waals surface area contributed by atoms with Crippen molar-refractivity contribution in [2.45, 2.75) is 90.3 Å². The Labute approximate surface area is 120 Å². The molecule has 19 heavy (non-hydrogen) atoms. The molecule has 0 aromatic rings. The highest BCUT2D eigenvalue weighted by atomic mass is 15.2. The average Bonchev–Trinajstić information content (AvgIpc) is 3.05. The molecule has 0 bridgehead atoms. The Morgan fingerprint density at radius 1 is 1.11 bits per heavy atom. The van der Waals surface area contributed by atoms with Crippen molar-refractivity contribution in [2.75, 3.05) is 13.1 Å². The fourth-order valence-corrected chi connectivity index (χ4v) is 4.23. The van der Waals surface area contributed by atoms with E-state index in [4.69, 9.17) is 0 Å². The molecule has 1 saturated carbocycles. The highest BCUT2D eigenvalue weighted by Crippen LogP contribution is 2.36. The topological polar surface area (TPSA) is 15.3 Å². The minimum Gasteiger partial charge on any atom is -0.313 e. The van der Waals surface area contributed by atoms with Gasteiger partial charge in [-0.2, -0.15) is 0 Å². The highest BCUT2D eigenvalue weighted by Gasteiger charge is 2.35. The SMILES string of the molecule is CCCC(C)NCC(C)N1CCCC1C1CCCC1. The van der Waals surface area contributed by atoms with Gasteiger partial charge in [-0.25, -0.2) is 0 Å². The van der Waals surface area contributed by atoms with Crippen molar-refractivity contribution in [2.24, 2.45) is 5.92 Å². The molecule has 1 N–H and O–H groups in total. The Bertz CT molecular complexity index is 248. The second-order valence-corrected chi connectivity index (χ2v) is 6.94. The third-order valence-electron chi connectivity index (χ3n) is 5.34. The summed E-state index contributed by atoms with van der Waals surface area (Å²) in [5.74, 6) is 1.01. The molecule has 2 aliphatic rings. The molecule has 2 nitrogen and oxygen atoms in total. The Morgan fingerprint density at radius 2 is 1.84 bits per heavy atom. The third kappa shape index (κ3) is 4.19. The predicted molar refractivity (Wildman–Crippen MR) is 83.5 cm³/mol. The summed E-state index contributed by atoms with van der Waals surface area (Å²) in [6.45, 7) is 9.54. The number of hydrogen-bond donors (Lipinski definition) is 1. The van der Waals surface area contributed by atoms with Crippen LogP contribution in [0.15, 0.2) is 0 Å². The van der Waals surface area contributed by atoms with Crippen LogP contribution in [0.4, 0.5) is 0 Å². The van der Waals surface area contributed by atoms with E-state index < -0.39 is 0 Å². The molecule has 3 atom stereocenters. The van der Waals surface area contributed by atoms with Crippen LogP contribution in [0.1, 0.15) is 72.1 Å². The van der Waals surface area contributed by atoms with Crippen LogP contribution in [0.3, 0.4) is 0 Å². The number of hydrogen-bond acceptors (Lipinski definition) is 2. The van der Waals surface area contributed by atoms with Crippen molar-refractivity contribution >= 4 is 0 Å². The predicted octanol–water partition coefficient (Wildman–Crippen LogP) is 3.81. The van der Waals surface area contributed by atoms with E-state index in [0.717, 1.165) is 12.0 Å². The van der Waals surface area contributed by atoms with Crippen LogP contribution >= 0.6 is 0 Å². The van der Waals surface area contributed by atoms with Gasteiger partial charge in [-0.3, -0.25) is 4.90 Å². The largest absolute Gasteiger partial charge is 0.313 e. The summed E-state index contributed by atoms with van der Waals surface area (Å²) in [6.07, 6.45) is 11.4. The maximum absolute atomic E-state index is 3.73. The fourth-order valence-electron chi connectivity index (χ4n) is 4.23. The highest BCUT2D eigenvalue weighted by molar-refractivity contribution is 4.90. The fraction of sp³-hybridized carbons (Fsp3) is 1.00. The number of nitrogens with zero attached hydrogens (tertiary/aromatic N) is 1. The summed E-state index contributed by atoms with van der Waals surface area (Å²) in [7, 11) is 0. The normalized spacial score (nSPS) is 28.9. The van der Waals surface area contributed by atoms with Gasteiger partial charge in [0.05, 0.1) is 0 Å². The number of rotatable bonds is 7. The zero-order valence-electron chi connectivity index (χ0n) is 13.3. The maximum atomic E-state index is 3.73. The maximum Gasteiger partial charge on any atom is 0.0195 e. The Morgan fingerprint density at radius 3 is 2.53 bits per heavy atom. The number of likely N-dealkylation sites (tertiary alicyclic amines) is 1. The summed E-state index contributed by atoms with van der Waals surface area (Å²) in [6, 6.07) is 2.30. The molecule has 0 amide bonds. The molecule has 2 rings (SSSR count). The van der Waals surface area contributed by atoms with Crippen molar-refractivity contribution in [3.63, 3.8) is 0 Å². The molecular weight excluding hydrogens is 232 g/mol. The van der Waals surface area contributed by atoms with Gasteiger partial charge < -0.3 is 5.32 Å². The van der Waals surface area contributed by atoms with Gasteiger partial charge in [-0.1, -0.05) is 26.2 Å². The Kier molecular flexibility index (Phi) is 6.15. The van der Waals surface area contributed by atoms with Crippen LogP contribution in [-0.4, -0.2) is 36.1 Å². The summed E-state index contributed by atoms with van der Waals surface area (Å²) in [4.78, 5) is 2.82. The standard InChI is InChI=1S/C17H34N2/c1-4-8-14(2)18-13-15(3)19-12-7-11-17(19)16-9-5-6-10-16/h14-18H,4-13H2,1-3H3. The average molecular weight is 266 g/mol. The zero-order valence-corrected chi connectivity index (χ0v) is 13.3. The summed E-state index contributed by atoms with van der Waals surface area (Å²) in [5.41, 5.74) is 0. The molecule has 3 unspecified atom stereocenters. The van der Waals surface area contributed by atoms with Crippen molar-refractivity contribution < 1.29 is 0 Å². The first-order valence-electron chi connectivity index (χ1n) is 8.71. The molecule has 2 fully saturated rings. The van der Waals surface area contributed by atoms with Crippen molar-refractivity contribution in [3.05, 3.63) is 0 Å². The van der Waals surface area contributed by atoms with Gasteiger partial charge in [0, 0.05) is 24.7 Å². The van der Waals surface area contributed by atoms with E-state index in [9.17, 15) is 0 Å². The first kappa shape index (κ1) is 15.3. The van der Waals surface area contributed by atoms with E-state index in [0.29, 0.717) is 12.1 Å². The third-order valence-corrected chi connectivity index (χ3v) is 5.34. The molecular formula is C17H34N2. The molecule has 1 saturated heterocycles. The molecule has 1 heterocycles. The second-order valence-electron chi connectivity index (χ2n) is 6.94. The molecule has 0 aromatic carbocycles. The monoisotopic (exact) mass is 266 g/mol. The van der Waals surface area contributed by atoms with Gasteiger partial charge in [0.25, 0.3) is 0 Å². The van der Waals surface area contributed by atoms with Crippen molar-refractivity contribution in [1.82, 2.24) is 10.2 Å². The van der Waals surface area contributed by atoms with E-state index in [1.54, 1.807) is 0 Å². The van der Waals surface area contributed by atoms with Gasteiger partial charge in [-0.05, 0) is 58.4 Å². The van der Waals surface area contributed by atoms with Gasteiger partial charge in [0.1, 0.15) is 0 Å². The van der Waals surface area contributed by atoms with Crippen molar-refractivity contribution in [3.8, 4) is 0 Å². The van der Waals surface area contributed by atoms with E-state index in [1.165, 1.54) is 64.5 Å². The molecule has 112 valence electrons. The van der Waals surface area contributed by atoms with Gasteiger partial charge in [0.2, 0.25) is 0 Å². The number of nitrogens with one attached hydrogen (secondary N) is 1. The summed E-state index contributed by atoms with van der Waals surface area (Å²) in [5, 5.41) is 3.73. The first-order chi connectivity index (χ1) is 9.22. The lowest BCUT2D eigenvalue weighted by atomic mass is 9.95. The smallest absolute Gasteiger partial charge is 0.0195 e. The van der Waals surface area contributed by atoms with Crippen LogP contribution in [0, 0.1) is 5.92 Å². The second kappa shape index (κ2) is 7.64. The lowest BCUT2D eigenvalue weighted by Gasteiger charge is -2.35. The first-order valence-corrected chi connectivity index (χ1v) is 8.71. The quantitative estimate of drug-likeness (QED) is 0.754. The summed E-state index contributed by atoms with van der Waals surface area (Å²) < 4.78 is 0. The molecule has 0 spiro atoms. The van der Waals surface area contributed by atoms with Gasteiger partial charge in [0.15, 0.2) is 0 Å². The van der Waals surface area contributed by atoms with E-state index in [2.05, 4.69) is 31.0 Å². The van der Waals surface area contributed by atoms with E-state index in [1.807, 2.05) is 0 Å². The molecule has 2 heteroatoms. The molecule has 0 aromatic heterocycles. The van der Waals surface area contributed by atoms with Crippen LogP contribution < -0.4 is 5.32 Å². The molecule has 0 radical (unpaired) electrons. The van der Waals surface area contributed by atoms with Gasteiger partial charge >= 0.3 is 0 Å². The summed E-state index contributed by atoms with van der Waals surface area (Å²) >= 11 is 0.